The summed E-state index contributed by atoms with van der Waals surface area (Å²) in [4.78, 5) is 28.8. The van der Waals surface area contributed by atoms with Crippen molar-refractivity contribution in [2.24, 2.45) is 5.92 Å². The quantitative estimate of drug-likeness (QED) is 0.833. The van der Waals surface area contributed by atoms with Crippen LogP contribution in [0.25, 0.3) is 0 Å². The summed E-state index contributed by atoms with van der Waals surface area (Å²) in [6.07, 6.45) is 3.74. The van der Waals surface area contributed by atoms with Crippen LogP contribution in [0.2, 0.25) is 0 Å². The van der Waals surface area contributed by atoms with Crippen LogP contribution < -0.4 is 5.32 Å². The first-order chi connectivity index (χ1) is 12.0. The smallest absolute Gasteiger partial charge is 0.323 e. The van der Waals surface area contributed by atoms with E-state index in [-0.39, 0.29) is 30.3 Å². The van der Waals surface area contributed by atoms with Crippen LogP contribution in [0.4, 0.5) is 9.18 Å². The molecule has 5 nitrogen and oxygen atoms in total. The Bertz CT molecular complexity index is 666. The van der Waals surface area contributed by atoms with E-state index in [4.69, 9.17) is 0 Å². The standard InChI is InChI=1S/C19H26FN3O2/c1-3-22(12-15-8-6-9-16(20)11-15)13-23-17(24)19(21-18(23)25)10-5-4-7-14(19)2/h6,8-9,11,14H,3-5,7,10,12-13H2,1-2H3,(H,21,25)/t14-,19+/m0/s1. The Morgan fingerprint density at radius 2 is 2.16 bits per heavy atom. The number of amides is 3. The molecule has 25 heavy (non-hydrogen) atoms. The van der Waals surface area contributed by atoms with Gasteiger partial charge in [0.2, 0.25) is 0 Å². The minimum Gasteiger partial charge on any atom is -0.323 e. The van der Waals surface area contributed by atoms with Crippen LogP contribution in [0.15, 0.2) is 24.3 Å². The molecule has 2 aliphatic rings. The maximum absolute atomic E-state index is 13.4. The van der Waals surface area contributed by atoms with Crippen molar-refractivity contribution in [3.63, 3.8) is 0 Å². The number of carbonyl (C=O) groups excluding carboxylic acids is 2. The lowest BCUT2D eigenvalue weighted by molar-refractivity contribution is -0.135. The maximum Gasteiger partial charge on any atom is 0.326 e. The second-order valence-electron chi connectivity index (χ2n) is 7.20. The lowest BCUT2D eigenvalue weighted by Crippen LogP contribution is -2.54. The molecule has 1 N–H and O–H groups in total. The Hall–Kier alpha value is -1.95. The third-order valence-electron chi connectivity index (χ3n) is 5.59. The number of rotatable bonds is 5. The largest absolute Gasteiger partial charge is 0.326 e. The summed E-state index contributed by atoms with van der Waals surface area (Å²) in [5.74, 6) is -0.234. The molecule has 1 aliphatic carbocycles. The first-order valence-electron chi connectivity index (χ1n) is 9.07. The number of nitrogens with one attached hydrogen (secondary N) is 1. The van der Waals surface area contributed by atoms with Gasteiger partial charge >= 0.3 is 6.03 Å². The zero-order chi connectivity index (χ0) is 18.0. The molecule has 1 heterocycles. The molecule has 1 aromatic rings. The summed E-state index contributed by atoms with van der Waals surface area (Å²) in [6.45, 7) is 5.40. The molecule has 0 aromatic heterocycles. The number of urea groups is 1. The fraction of sp³-hybridized carbons (Fsp3) is 0.579. The van der Waals surface area contributed by atoms with Gasteiger partial charge in [-0.05, 0) is 43.0 Å². The molecule has 1 saturated heterocycles. The van der Waals surface area contributed by atoms with Crippen molar-refractivity contribution in [2.45, 2.75) is 51.6 Å². The van der Waals surface area contributed by atoms with Gasteiger partial charge in [-0.3, -0.25) is 9.69 Å². The summed E-state index contributed by atoms with van der Waals surface area (Å²) in [6, 6.07) is 6.11. The number of nitrogens with zero attached hydrogens (tertiary/aromatic N) is 2. The molecule has 1 aromatic carbocycles. The van der Waals surface area contributed by atoms with E-state index in [1.54, 1.807) is 6.07 Å². The van der Waals surface area contributed by atoms with E-state index in [0.29, 0.717) is 19.5 Å². The van der Waals surface area contributed by atoms with Gasteiger partial charge in [0.05, 0.1) is 6.67 Å². The first kappa shape index (κ1) is 17.9. The van der Waals surface area contributed by atoms with Crippen LogP contribution in [0.1, 0.15) is 45.1 Å². The number of imide groups is 1. The summed E-state index contributed by atoms with van der Waals surface area (Å²) < 4.78 is 13.4. The predicted octanol–water partition coefficient (Wildman–Crippen LogP) is 3.11. The average Bonchev–Trinajstić information content (AvgIpc) is 2.82. The molecule has 1 saturated carbocycles. The van der Waals surface area contributed by atoms with Crippen LogP contribution in [-0.4, -0.2) is 40.5 Å². The first-order valence-corrected chi connectivity index (χ1v) is 9.07. The molecular weight excluding hydrogens is 321 g/mol. The molecule has 136 valence electrons. The van der Waals surface area contributed by atoms with Gasteiger partial charge in [0.25, 0.3) is 5.91 Å². The Morgan fingerprint density at radius 3 is 2.84 bits per heavy atom. The van der Waals surface area contributed by atoms with Crippen molar-refractivity contribution < 1.29 is 14.0 Å². The second kappa shape index (κ2) is 7.12. The number of hydrogen-bond acceptors (Lipinski definition) is 3. The Kier molecular flexibility index (Phi) is 5.08. The van der Waals surface area contributed by atoms with Crippen LogP contribution in [-0.2, 0) is 11.3 Å². The molecule has 3 amide bonds. The summed E-state index contributed by atoms with van der Waals surface area (Å²) >= 11 is 0. The number of hydrogen-bond donors (Lipinski definition) is 1. The predicted molar refractivity (Wildman–Crippen MR) is 93.1 cm³/mol. The molecule has 0 unspecified atom stereocenters. The molecule has 0 bridgehead atoms. The van der Waals surface area contributed by atoms with Crippen molar-refractivity contribution in [1.82, 2.24) is 15.1 Å². The molecule has 1 aliphatic heterocycles. The van der Waals surface area contributed by atoms with Crippen molar-refractivity contribution in [3.8, 4) is 0 Å². The van der Waals surface area contributed by atoms with Crippen LogP contribution in [0, 0.1) is 11.7 Å². The molecule has 2 fully saturated rings. The Balaban J connectivity index is 1.72. The van der Waals surface area contributed by atoms with Crippen molar-refractivity contribution in [2.75, 3.05) is 13.2 Å². The Morgan fingerprint density at radius 1 is 1.36 bits per heavy atom. The fourth-order valence-electron chi connectivity index (χ4n) is 3.98. The van der Waals surface area contributed by atoms with Gasteiger partial charge in [-0.1, -0.05) is 38.8 Å². The van der Waals surface area contributed by atoms with E-state index in [1.165, 1.54) is 17.0 Å². The lowest BCUT2D eigenvalue weighted by atomic mass is 9.73. The highest BCUT2D eigenvalue weighted by Gasteiger charge is 2.54. The monoisotopic (exact) mass is 347 g/mol. The SMILES string of the molecule is CCN(Cc1cccc(F)c1)CN1C(=O)N[C@@]2(CCCC[C@@H]2C)C1=O. The van der Waals surface area contributed by atoms with E-state index < -0.39 is 5.54 Å². The average molecular weight is 347 g/mol. The number of benzene rings is 1. The molecule has 6 heteroatoms. The molecule has 0 radical (unpaired) electrons. The molecule has 2 atom stereocenters. The highest BCUT2D eigenvalue weighted by molar-refractivity contribution is 6.07. The second-order valence-corrected chi connectivity index (χ2v) is 7.20. The van der Waals surface area contributed by atoms with Gasteiger partial charge < -0.3 is 5.32 Å². The highest BCUT2D eigenvalue weighted by atomic mass is 19.1. The Labute approximate surface area is 148 Å². The van der Waals surface area contributed by atoms with Gasteiger partial charge in [-0.15, -0.1) is 0 Å². The topological polar surface area (TPSA) is 52.6 Å². The lowest BCUT2D eigenvalue weighted by Gasteiger charge is -2.37. The van der Waals surface area contributed by atoms with Crippen LogP contribution in [0.3, 0.4) is 0 Å². The summed E-state index contributed by atoms with van der Waals surface area (Å²) in [5, 5.41) is 2.97. The van der Waals surface area contributed by atoms with Crippen molar-refractivity contribution >= 4 is 11.9 Å². The molecule has 1 spiro atoms. The maximum atomic E-state index is 13.4. The third kappa shape index (κ3) is 3.40. The summed E-state index contributed by atoms with van der Waals surface area (Å²) in [5.41, 5.74) is 0.0998. The number of carbonyl (C=O) groups is 2. The van der Waals surface area contributed by atoms with Gasteiger partial charge in [0.15, 0.2) is 0 Å². The van der Waals surface area contributed by atoms with E-state index in [0.717, 1.165) is 24.8 Å². The van der Waals surface area contributed by atoms with Crippen molar-refractivity contribution in [3.05, 3.63) is 35.6 Å². The van der Waals surface area contributed by atoms with Crippen LogP contribution >= 0.6 is 0 Å². The minimum atomic E-state index is -0.729. The van der Waals surface area contributed by atoms with E-state index in [1.807, 2.05) is 24.8 Å². The fourth-order valence-corrected chi connectivity index (χ4v) is 3.98. The van der Waals surface area contributed by atoms with Crippen LogP contribution in [0.5, 0.6) is 0 Å². The molecule has 3 rings (SSSR count). The summed E-state index contributed by atoms with van der Waals surface area (Å²) in [7, 11) is 0. The highest BCUT2D eigenvalue weighted by Crippen LogP contribution is 2.38. The van der Waals surface area contributed by atoms with E-state index in [2.05, 4.69) is 5.32 Å². The van der Waals surface area contributed by atoms with Gasteiger partial charge in [-0.25, -0.2) is 14.1 Å². The molecular formula is C19H26FN3O2. The third-order valence-corrected chi connectivity index (χ3v) is 5.59. The minimum absolute atomic E-state index is 0.109. The van der Waals surface area contributed by atoms with Gasteiger partial charge in [-0.2, -0.15) is 0 Å². The normalized spacial score (nSPS) is 26.6. The van der Waals surface area contributed by atoms with Gasteiger partial charge in [0, 0.05) is 6.54 Å². The van der Waals surface area contributed by atoms with Gasteiger partial charge in [0.1, 0.15) is 11.4 Å². The van der Waals surface area contributed by atoms with E-state index in [9.17, 15) is 14.0 Å². The van der Waals surface area contributed by atoms with Crippen molar-refractivity contribution in [1.29, 1.82) is 0 Å². The zero-order valence-corrected chi connectivity index (χ0v) is 14.9. The zero-order valence-electron chi connectivity index (χ0n) is 14.9. The van der Waals surface area contributed by atoms with E-state index >= 15 is 0 Å². The number of halogens is 1.